The summed E-state index contributed by atoms with van der Waals surface area (Å²) in [4.78, 5) is 24.0. The van der Waals surface area contributed by atoms with Crippen molar-refractivity contribution >= 4 is 34.3 Å². The first kappa shape index (κ1) is 17.2. The van der Waals surface area contributed by atoms with Crippen LogP contribution in [-0.4, -0.2) is 11.7 Å². The van der Waals surface area contributed by atoms with Crippen molar-refractivity contribution in [1.82, 2.24) is 0 Å². The Labute approximate surface area is 148 Å². The van der Waals surface area contributed by atoms with Gasteiger partial charge in [0.25, 0.3) is 0 Å². The predicted octanol–water partition coefficient (Wildman–Crippen LogP) is 4.36. The Morgan fingerprint density at radius 2 is 2.00 bits per heavy atom. The molecule has 6 heteroatoms. The molecule has 3 aromatic rings. The second-order valence-corrected chi connectivity index (χ2v) is 6.67. The highest BCUT2D eigenvalue weighted by atomic mass is 32.2. The van der Waals surface area contributed by atoms with E-state index in [1.165, 1.54) is 23.9 Å². The van der Waals surface area contributed by atoms with Crippen LogP contribution in [0.4, 0.5) is 10.1 Å². The van der Waals surface area contributed by atoms with E-state index in [9.17, 15) is 14.0 Å². The number of aryl methyl sites for hydroxylation is 1. The minimum absolute atomic E-state index is 0.182. The Balaban J connectivity index is 1.62. The second kappa shape index (κ2) is 7.53. The van der Waals surface area contributed by atoms with Crippen molar-refractivity contribution in [3.05, 3.63) is 70.3 Å². The highest BCUT2D eigenvalue weighted by Gasteiger charge is 2.08. The zero-order chi connectivity index (χ0) is 17.8. The summed E-state index contributed by atoms with van der Waals surface area (Å²) >= 11 is 1.30. The summed E-state index contributed by atoms with van der Waals surface area (Å²) in [5.41, 5.74) is 1.39. The Morgan fingerprint density at radius 1 is 1.20 bits per heavy atom. The largest absolute Gasteiger partial charge is 0.423 e. The predicted molar refractivity (Wildman–Crippen MR) is 97.6 cm³/mol. The molecule has 0 aliphatic rings. The molecular formula is C19H16FNO3S. The number of carbonyl (C=O) groups excluding carboxylic acids is 1. The topological polar surface area (TPSA) is 59.3 Å². The molecule has 0 atom stereocenters. The fraction of sp³-hybridized carbons (Fsp3) is 0.158. The van der Waals surface area contributed by atoms with Crippen molar-refractivity contribution in [3.63, 3.8) is 0 Å². The quantitative estimate of drug-likeness (QED) is 0.544. The first-order valence-electron chi connectivity index (χ1n) is 7.74. The molecule has 3 rings (SSSR count). The Morgan fingerprint density at radius 3 is 2.80 bits per heavy atom. The summed E-state index contributed by atoms with van der Waals surface area (Å²) in [6, 6.07) is 13.1. The molecule has 4 nitrogen and oxygen atoms in total. The number of amides is 1. The van der Waals surface area contributed by atoms with Gasteiger partial charge in [-0.15, -0.1) is 11.8 Å². The van der Waals surface area contributed by atoms with Crippen LogP contribution in [-0.2, 0) is 4.79 Å². The third-order valence-corrected chi connectivity index (χ3v) is 4.71. The minimum Gasteiger partial charge on any atom is -0.423 e. The van der Waals surface area contributed by atoms with Crippen LogP contribution in [0.2, 0.25) is 0 Å². The van der Waals surface area contributed by atoms with Crippen molar-refractivity contribution in [3.8, 4) is 0 Å². The van der Waals surface area contributed by atoms with Crippen molar-refractivity contribution in [2.75, 3.05) is 11.1 Å². The number of rotatable bonds is 5. The lowest BCUT2D eigenvalue weighted by molar-refractivity contribution is -0.115. The zero-order valence-electron chi connectivity index (χ0n) is 13.5. The molecule has 0 bridgehead atoms. The van der Waals surface area contributed by atoms with E-state index in [0.717, 1.165) is 10.9 Å². The number of benzene rings is 2. The van der Waals surface area contributed by atoms with Gasteiger partial charge in [-0.2, -0.15) is 0 Å². The van der Waals surface area contributed by atoms with Gasteiger partial charge in [0.1, 0.15) is 11.4 Å². The van der Waals surface area contributed by atoms with Crippen LogP contribution >= 0.6 is 11.8 Å². The van der Waals surface area contributed by atoms with E-state index in [-0.39, 0.29) is 18.1 Å². The van der Waals surface area contributed by atoms with Gasteiger partial charge in [0.05, 0.1) is 0 Å². The van der Waals surface area contributed by atoms with Crippen LogP contribution in [0.5, 0.6) is 0 Å². The Hall–Kier alpha value is -2.60. The van der Waals surface area contributed by atoms with Crippen molar-refractivity contribution in [2.24, 2.45) is 0 Å². The molecule has 0 radical (unpaired) electrons. The van der Waals surface area contributed by atoms with Crippen LogP contribution in [0, 0.1) is 12.7 Å². The molecule has 0 saturated carbocycles. The monoisotopic (exact) mass is 357 g/mol. The molecule has 1 amide bonds. The fourth-order valence-corrected chi connectivity index (χ4v) is 3.33. The van der Waals surface area contributed by atoms with E-state index < -0.39 is 5.63 Å². The summed E-state index contributed by atoms with van der Waals surface area (Å²) in [7, 11) is 0. The molecular weight excluding hydrogens is 341 g/mol. The van der Waals surface area contributed by atoms with Gasteiger partial charge in [-0.3, -0.25) is 4.79 Å². The number of halogens is 1. The first-order chi connectivity index (χ1) is 12.0. The lowest BCUT2D eigenvalue weighted by atomic mass is 10.1. The van der Waals surface area contributed by atoms with Crippen molar-refractivity contribution < 1.29 is 13.6 Å². The van der Waals surface area contributed by atoms with Gasteiger partial charge in [-0.1, -0.05) is 12.1 Å². The normalized spacial score (nSPS) is 10.8. The van der Waals surface area contributed by atoms with E-state index in [2.05, 4.69) is 5.32 Å². The first-order valence-corrected chi connectivity index (χ1v) is 8.73. The standard InChI is InChI=1S/C19H16FNO3S/c1-12-10-19(23)24-16-11-13(6-7-14(12)16)21-18(22)8-9-25-17-5-3-2-4-15(17)20/h2-7,10-11H,8-9H2,1H3,(H,21,22). The number of thioether (sulfide) groups is 1. The highest BCUT2D eigenvalue weighted by Crippen LogP contribution is 2.23. The van der Waals surface area contributed by atoms with Crippen LogP contribution in [0.3, 0.4) is 0 Å². The smallest absolute Gasteiger partial charge is 0.336 e. The SMILES string of the molecule is Cc1cc(=O)oc2cc(NC(=O)CCSc3ccccc3F)ccc12. The average Bonchev–Trinajstić information content (AvgIpc) is 2.56. The minimum atomic E-state index is -0.422. The van der Waals surface area contributed by atoms with E-state index in [1.807, 2.05) is 6.92 Å². The number of fused-ring (bicyclic) bond motifs is 1. The average molecular weight is 357 g/mol. The van der Waals surface area contributed by atoms with Crippen LogP contribution < -0.4 is 10.9 Å². The lowest BCUT2D eigenvalue weighted by Crippen LogP contribution is -2.12. The summed E-state index contributed by atoms with van der Waals surface area (Å²) in [5, 5.41) is 3.59. The Bertz CT molecular complexity index is 984. The summed E-state index contributed by atoms with van der Waals surface area (Å²) in [6.07, 6.45) is 0.245. The maximum Gasteiger partial charge on any atom is 0.336 e. The third-order valence-electron chi connectivity index (χ3n) is 3.66. The molecule has 25 heavy (non-hydrogen) atoms. The summed E-state index contributed by atoms with van der Waals surface area (Å²) < 4.78 is 18.7. The molecule has 0 saturated heterocycles. The number of nitrogens with one attached hydrogen (secondary N) is 1. The molecule has 0 spiro atoms. The number of hydrogen-bond donors (Lipinski definition) is 1. The van der Waals surface area contributed by atoms with Gasteiger partial charge in [0, 0.05) is 40.3 Å². The molecule has 1 aromatic heterocycles. The second-order valence-electron chi connectivity index (χ2n) is 5.54. The number of hydrogen-bond acceptors (Lipinski definition) is 4. The van der Waals surface area contributed by atoms with E-state index in [1.54, 1.807) is 36.4 Å². The van der Waals surface area contributed by atoms with Crippen LogP contribution in [0.1, 0.15) is 12.0 Å². The number of carbonyl (C=O) groups is 1. The lowest BCUT2D eigenvalue weighted by Gasteiger charge is -2.07. The van der Waals surface area contributed by atoms with Crippen molar-refractivity contribution in [2.45, 2.75) is 18.2 Å². The van der Waals surface area contributed by atoms with Gasteiger partial charge in [-0.25, -0.2) is 9.18 Å². The van der Waals surface area contributed by atoms with E-state index in [4.69, 9.17) is 4.42 Å². The summed E-state index contributed by atoms with van der Waals surface area (Å²) in [6.45, 7) is 1.83. The molecule has 0 aliphatic heterocycles. The summed E-state index contributed by atoms with van der Waals surface area (Å²) in [5.74, 6) is 0.000161. The highest BCUT2D eigenvalue weighted by molar-refractivity contribution is 7.99. The van der Waals surface area contributed by atoms with Crippen LogP contribution in [0.15, 0.2) is 62.6 Å². The number of anilines is 1. The fourth-order valence-electron chi connectivity index (χ4n) is 2.44. The van der Waals surface area contributed by atoms with Gasteiger partial charge >= 0.3 is 5.63 Å². The zero-order valence-corrected chi connectivity index (χ0v) is 14.4. The third kappa shape index (κ3) is 4.28. The molecule has 0 fully saturated rings. The van der Waals surface area contributed by atoms with Gasteiger partial charge in [-0.05, 0) is 36.8 Å². The molecule has 0 aliphatic carbocycles. The van der Waals surface area contributed by atoms with E-state index in [0.29, 0.717) is 21.9 Å². The maximum absolute atomic E-state index is 13.5. The molecule has 1 heterocycles. The maximum atomic E-state index is 13.5. The molecule has 0 unspecified atom stereocenters. The van der Waals surface area contributed by atoms with Crippen molar-refractivity contribution in [1.29, 1.82) is 0 Å². The Kier molecular flexibility index (Phi) is 5.19. The molecule has 128 valence electrons. The molecule has 1 N–H and O–H groups in total. The van der Waals surface area contributed by atoms with E-state index >= 15 is 0 Å². The van der Waals surface area contributed by atoms with Gasteiger partial charge < -0.3 is 9.73 Å². The molecule has 2 aromatic carbocycles. The van der Waals surface area contributed by atoms with Gasteiger partial charge in [0.2, 0.25) is 5.91 Å². The van der Waals surface area contributed by atoms with Crippen LogP contribution in [0.25, 0.3) is 11.0 Å². The van der Waals surface area contributed by atoms with Gasteiger partial charge in [0.15, 0.2) is 0 Å².